The van der Waals surface area contributed by atoms with Crippen LogP contribution in [0.2, 0.25) is 0 Å². The number of hydrogen-bond acceptors (Lipinski definition) is 4. The van der Waals surface area contributed by atoms with Gasteiger partial charge in [0.05, 0.1) is 6.54 Å². The van der Waals surface area contributed by atoms with Crippen molar-refractivity contribution in [3.63, 3.8) is 0 Å². The van der Waals surface area contributed by atoms with Gasteiger partial charge in [0.1, 0.15) is 12.2 Å². The molecule has 1 heterocycles. The van der Waals surface area contributed by atoms with Crippen molar-refractivity contribution >= 4 is 17.8 Å². The van der Waals surface area contributed by atoms with Crippen LogP contribution < -0.4 is 16.2 Å². The zero-order valence-electron chi connectivity index (χ0n) is 9.23. The maximum absolute atomic E-state index is 11.5. The van der Waals surface area contributed by atoms with Crippen LogP contribution in [-0.2, 0) is 9.59 Å². The third-order valence-electron chi connectivity index (χ3n) is 1.86. The topological polar surface area (TPSA) is 128 Å². The molecule has 0 aliphatic rings. The van der Waals surface area contributed by atoms with Crippen LogP contribution in [0.4, 0.5) is 0 Å². The Morgan fingerprint density at radius 1 is 1.17 bits per heavy atom. The summed E-state index contributed by atoms with van der Waals surface area (Å²) in [6, 6.07) is 4.03. The van der Waals surface area contributed by atoms with E-state index in [9.17, 15) is 19.2 Å². The van der Waals surface area contributed by atoms with Gasteiger partial charge in [0.25, 0.3) is 5.91 Å². The van der Waals surface area contributed by atoms with Crippen LogP contribution in [0.25, 0.3) is 0 Å². The summed E-state index contributed by atoms with van der Waals surface area (Å²) >= 11 is 0. The highest BCUT2D eigenvalue weighted by atomic mass is 16.4. The summed E-state index contributed by atoms with van der Waals surface area (Å²) < 4.78 is 0. The number of hydrogen-bond donors (Lipinski definition) is 4. The number of H-pyrrole nitrogens is 1. The van der Waals surface area contributed by atoms with Gasteiger partial charge in [-0.1, -0.05) is 6.07 Å². The van der Waals surface area contributed by atoms with E-state index in [4.69, 9.17) is 5.11 Å². The van der Waals surface area contributed by atoms with Crippen molar-refractivity contribution in [1.82, 2.24) is 15.6 Å². The molecule has 0 spiro atoms. The Balaban J connectivity index is 2.44. The van der Waals surface area contributed by atoms with E-state index in [1.165, 1.54) is 18.2 Å². The zero-order chi connectivity index (χ0) is 13.5. The van der Waals surface area contributed by atoms with Gasteiger partial charge in [-0.05, 0) is 6.07 Å². The van der Waals surface area contributed by atoms with Crippen molar-refractivity contribution in [2.75, 3.05) is 13.1 Å². The molecule has 8 heteroatoms. The minimum absolute atomic E-state index is 0.0218. The molecular formula is C10H11N3O5. The second-order valence-corrected chi connectivity index (χ2v) is 3.28. The average molecular weight is 253 g/mol. The molecule has 8 nitrogen and oxygen atoms in total. The van der Waals surface area contributed by atoms with E-state index in [0.29, 0.717) is 0 Å². The molecule has 0 saturated carbocycles. The number of carbonyl (C=O) groups excluding carboxylic acids is 2. The maximum atomic E-state index is 11.5. The molecule has 1 aromatic heterocycles. The first-order valence-corrected chi connectivity index (χ1v) is 4.95. The van der Waals surface area contributed by atoms with Crippen molar-refractivity contribution in [3.05, 3.63) is 34.2 Å². The monoisotopic (exact) mass is 253 g/mol. The van der Waals surface area contributed by atoms with Gasteiger partial charge in [-0.25, -0.2) is 0 Å². The largest absolute Gasteiger partial charge is 0.480 e. The number of amides is 2. The molecule has 0 bridgehead atoms. The number of carboxylic acid groups (broad SMARTS) is 1. The minimum Gasteiger partial charge on any atom is -0.480 e. The van der Waals surface area contributed by atoms with Gasteiger partial charge in [-0.2, -0.15) is 0 Å². The van der Waals surface area contributed by atoms with Crippen LogP contribution in [0.5, 0.6) is 0 Å². The normalized spacial score (nSPS) is 9.56. The van der Waals surface area contributed by atoms with Crippen LogP contribution in [0, 0.1) is 0 Å². The molecule has 1 rings (SSSR count). The fourth-order valence-corrected chi connectivity index (χ4v) is 1.07. The Morgan fingerprint density at radius 3 is 2.50 bits per heavy atom. The van der Waals surface area contributed by atoms with E-state index in [1.54, 1.807) is 0 Å². The number of aromatic nitrogens is 1. The summed E-state index contributed by atoms with van der Waals surface area (Å²) in [5, 5.41) is 12.6. The zero-order valence-corrected chi connectivity index (χ0v) is 9.23. The van der Waals surface area contributed by atoms with Crippen LogP contribution in [0.1, 0.15) is 10.5 Å². The van der Waals surface area contributed by atoms with Crippen LogP contribution in [0.15, 0.2) is 23.0 Å². The van der Waals surface area contributed by atoms with Crippen molar-refractivity contribution in [3.8, 4) is 0 Å². The van der Waals surface area contributed by atoms with E-state index < -0.39 is 29.9 Å². The fourth-order valence-electron chi connectivity index (χ4n) is 1.07. The SMILES string of the molecule is O=C(O)CNC(=O)CNC(=O)c1cccc(=O)[nH]1. The van der Waals surface area contributed by atoms with Gasteiger partial charge in [0.2, 0.25) is 11.5 Å². The summed E-state index contributed by atoms with van der Waals surface area (Å²) in [6.45, 7) is -0.889. The van der Waals surface area contributed by atoms with E-state index in [2.05, 4.69) is 15.6 Å². The molecule has 0 aromatic carbocycles. The van der Waals surface area contributed by atoms with Gasteiger partial charge in [0.15, 0.2) is 0 Å². The second kappa shape index (κ2) is 6.18. The first-order chi connectivity index (χ1) is 8.49. The molecule has 1 aromatic rings. The van der Waals surface area contributed by atoms with Gasteiger partial charge in [0, 0.05) is 6.07 Å². The van der Waals surface area contributed by atoms with E-state index in [0.717, 1.165) is 0 Å². The molecule has 0 unspecified atom stereocenters. The van der Waals surface area contributed by atoms with Gasteiger partial charge in [-0.15, -0.1) is 0 Å². The Bertz CT molecular complexity index is 522. The molecule has 18 heavy (non-hydrogen) atoms. The number of aliphatic carboxylic acids is 1. The van der Waals surface area contributed by atoms with E-state index in [-0.39, 0.29) is 12.2 Å². The molecule has 4 N–H and O–H groups in total. The lowest BCUT2D eigenvalue weighted by molar-refractivity contribution is -0.137. The quantitative estimate of drug-likeness (QED) is 0.497. The Morgan fingerprint density at radius 2 is 1.89 bits per heavy atom. The van der Waals surface area contributed by atoms with E-state index in [1.807, 2.05) is 0 Å². The number of nitrogens with one attached hydrogen (secondary N) is 3. The highest BCUT2D eigenvalue weighted by Gasteiger charge is 2.09. The van der Waals surface area contributed by atoms with Gasteiger partial charge >= 0.3 is 5.97 Å². The Labute approximate surface area is 101 Å². The van der Waals surface area contributed by atoms with Crippen LogP contribution in [-0.4, -0.2) is 41.0 Å². The van der Waals surface area contributed by atoms with Crippen LogP contribution in [0.3, 0.4) is 0 Å². The smallest absolute Gasteiger partial charge is 0.322 e. The molecule has 0 saturated heterocycles. The average Bonchev–Trinajstić information content (AvgIpc) is 2.33. The molecule has 2 amide bonds. The summed E-state index contributed by atoms with van der Waals surface area (Å²) in [4.78, 5) is 45.9. The molecular weight excluding hydrogens is 242 g/mol. The van der Waals surface area contributed by atoms with Crippen molar-refractivity contribution in [2.24, 2.45) is 0 Å². The number of carbonyl (C=O) groups is 3. The molecule has 0 radical (unpaired) electrons. The first kappa shape index (κ1) is 13.4. The van der Waals surface area contributed by atoms with Gasteiger partial charge in [-0.3, -0.25) is 19.2 Å². The Hall–Kier alpha value is -2.64. The standard InChI is InChI=1S/C10H11N3O5/c14-7-3-1-2-6(13-7)10(18)12-4-8(15)11-5-9(16)17/h1-3H,4-5H2,(H,11,15)(H,12,18)(H,13,14)(H,16,17). The van der Waals surface area contributed by atoms with Crippen molar-refractivity contribution in [1.29, 1.82) is 0 Å². The number of carboxylic acids is 1. The number of pyridine rings is 1. The summed E-state index contributed by atoms with van der Waals surface area (Å²) in [7, 11) is 0. The predicted molar refractivity (Wildman–Crippen MR) is 60.0 cm³/mol. The maximum Gasteiger partial charge on any atom is 0.322 e. The third kappa shape index (κ3) is 4.47. The number of rotatable bonds is 5. The predicted octanol–water partition coefficient (Wildman–Crippen LogP) is -1.69. The lowest BCUT2D eigenvalue weighted by atomic mass is 10.3. The van der Waals surface area contributed by atoms with Crippen molar-refractivity contribution < 1.29 is 19.5 Å². The lowest BCUT2D eigenvalue weighted by Crippen LogP contribution is -2.39. The fraction of sp³-hybridized carbons (Fsp3) is 0.200. The Kier molecular flexibility index (Phi) is 4.61. The molecule has 0 fully saturated rings. The molecule has 0 aliphatic carbocycles. The highest BCUT2D eigenvalue weighted by molar-refractivity contribution is 5.95. The third-order valence-corrected chi connectivity index (χ3v) is 1.86. The summed E-state index contributed by atoms with van der Waals surface area (Å²) in [5.41, 5.74) is -0.411. The number of aromatic amines is 1. The van der Waals surface area contributed by atoms with Gasteiger partial charge < -0.3 is 20.7 Å². The summed E-state index contributed by atoms with van der Waals surface area (Å²) in [5.74, 6) is -2.44. The summed E-state index contributed by atoms with van der Waals surface area (Å²) in [6.07, 6.45) is 0. The first-order valence-electron chi connectivity index (χ1n) is 4.95. The minimum atomic E-state index is -1.18. The van der Waals surface area contributed by atoms with Crippen LogP contribution >= 0.6 is 0 Å². The molecule has 96 valence electrons. The van der Waals surface area contributed by atoms with E-state index >= 15 is 0 Å². The highest BCUT2D eigenvalue weighted by Crippen LogP contribution is 1.88. The lowest BCUT2D eigenvalue weighted by Gasteiger charge is -2.04. The molecule has 0 atom stereocenters. The second-order valence-electron chi connectivity index (χ2n) is 3.28. The molecule has 0 aliphatic heterocycles. The van der Waals surface area contributed by atoms with Crippen molar-refractivity contribution in [2.45, 2.75) is 0 Å².